The third kappa shape index (κ3) is 3.23. The molecule has 0 saturated carbocycles. The topological polar surface area (TPSA) is 56.5 Å². The maximum absolute atomic E-state index is 4.18. The van der Waals surface area contributed by atoms with Crippen LogP contribution in [0.3, 0.4) is 0 Å². The van der Waals surface area contributed by atoms with Crippen LogP contribution in [0.25, 0.3) is 6.08 Å². The van der Waals surface area contributed by atoms with E-state index < -0.39 is 0 Å². The van der Waals surface area contributed by atoms with Gasteiger partial charge in [0.2, 0.25) is 0 Å². The molecule has 0 amide bonds. The summed E-state index contributed by atoms with van der Waals surface area (Å²) in [5.74, 6) is 0. The Bertz CT molecular complexity index is 449. The second kappa shape index (κ2) is 5.50. The summed E-state index contributed by atoms with van der Waals surface area (Å²) in [4.78, 5) is 8.26. The second-order valence-corrected chi connectivity index (χ2v) is 3.93. The van der Waals surface area contributed by atoms with Crippen LogP contribution in [0.5, 0.6) is 0 Å². The SMILES string of the molecule is Brc1cnc(/C=C/CCn2ccnn2)cn1. The molecule has 16 heavy (non-hydrogen) atoms. The molecule has 0 spiro atoms. The van der Waals surface area contributed by atoms with Gasteiger partial charge in [0.15, 0.2) is 0 Å². The molecule has 0 unspecified atom stereocenters. The van der Waals surface area contributed by atoms with Crippen molar-refractivity contribution in [2.75, 3.05) is 0 Å². The Labute approximate surface area is 101 Å². The third-order valence-electron chi connectivity index (χ3n) is 1.93. The average molecular weight is 280 g/mol. The van der Waals surface area contributed by atoms with Crippen LogP contribution in [0.2, 0.25) is 0 Å². The van der Waals surface area contributed by atoms with Gasteiger partial charge in [-0.1, -0.05) is 11.3 Å². The molecule has 0 fully saturated rings. The fraction of sp³-hybridized carbons (Fsp3) is 0.200. The summed E-state index contributed by atoms with van der Waals surface area (Å²) in [6, 6.07) is 0. The van der Waals surface area contributed by atoms with E-state index in [0.717, 1.165) is 23.3 Å². The summed E-state index contributed by atoms with van der Waals surface area (Å²) < 4.78 is 2.53. The Morgan fingerprint density at radius 2 is 2.25 bits per heavy atom. The summed E-state index contributed by atoms with van der Waals surface area (Å²) >= 11 is 3.24. The minimum Gasteiger partial charge on any atom is -0.252 e. The van der Waals surface area contributed by atoms with E-state index >= 15 is 0 Å². The number of aromatic nitrogens is 5. The molecular weight excluding hydrogens is 270 g/mol. The average Bonchev–Trinajstić information content (AvgIpc) is 2.80. The summed E-state index contributed by atoms with van der Waals surface area (Å²) in [7, 11) is 0. The molecule has 0 N–H and O–H groups in total. The molecule has 0 radical (unpaired) electrons. The number of hydrogen-bond donors (Lipinski definition) is 0. The number of hydrogen-bond acceptors (Lipinski definition) is 4. The fourth-order valence-corrected chi connectivity index (χ4v) is 1.38. The molecule has 0 aromatic carbocycles. The third-order valence-corrected chi connectivity index (χ3v) is 2.34. The van der Waals surface area contributed by atoms with E-state index in [1.54, 1.807) is 23.3 Å². The molecule has 2 aromatic rings. The monoisotopic (exact) mass is 279 g/mol. The number of nitrogens with zero attached hydrogens (tertiary/aromatic N) is 5. The van der Waals surface area contributed by atoms with E-state index in [4.69, 9.17) is 0 Å². The van der Waals surface area contributed by atoms with E-state index in [0.29, 0.717) is 0 Å². The van der Waals surface area contributed by atoms with Gasteiger partial charge in [-0.3, -0.25) is 9.67 Å². The van der Waals surface area contributed by atoms with Crippen molar-refractivity contribution in [3.8, 4) is 0 Å². The van der Waals surface area contributed by atoms with Gasteiger partial charge in [-0.25, -0.2) is 4.98 Å². The Hall–Kier alpha value is -1.56. The first-order valence-electron chi connectivity index (χ1n) is 4.83. The largest absolute Gasteiger partial charge is 0.252 e. The first kappa shape index (κ1) is 10.9. The summed E-state index contributed by atoms with van der Waals surface area (Å²) in [6.45, 7) is 0.820. The van der Waals surface area contributed by atoms with Crippen molar-refractivity contribution < 1.29 is 0 Å². The standard InChI is InChI=1S/C10H10BrN5/c11-10-8-12-9(7-13-10)3-1-2-5-16-6-4-14-15-16/h1,3-4,6-8H,2,5H2/b3-1+. The molecule has 6 heteroatoms. The molecule has 5 nitrogen and oxygen atoms in total. The minimum absolute atomic E-state index is 0.743. The van der Waals surface area contributed by atoms with Crippen molar-refractivity contribution in [1.29, 1.82) is 0 Å². The zero-order valence-corrected chi connectivity index (χ0v) is 10.1. The highest BCUT2D eigenvalue weighted by Gasteiger charge is 1.91. The molecule has 0 saturated heterocycles. The number of allylic oxidation sites excluding steroid dienone is 1. The lowest BCUT2D eigenvalue weighted by Crippen LogP contribution is -1.97. The van der Waals surface area contributed by atoms with Gasteiger partial charge in [0.05, 0.1) is 24.3 Å². The van der Waals surface area contributed by atoms with Gasteiger partial charge < -0.3 is 0 Å². The number of rotatable bonds is 4. The predicted molar refractivity (Wildman–Crippen MR) is 63.4 cm³/mol. The second-order valence-electron chi connectivity index (χ2n) is 3.12. The van der Waals surface area contributed by atoms with E-state index in [9.17, 15) is 0 Å². The molecule has 2 aromatic heterocycles. The fourth-order valence-electron chi connectivity index (χ4n) is 1.17. The smallest absolute Gasteiger partial charge is 0.124 e. The van der Waals surface area contributed by atoms with Crippen LogP contribution in [-0.2, 0) is 6.54 Å². The molecule has 0 aliphatic heterocycles. The van der Waals surface area contributed by atoms with Gasteiger partial charge in [0.1, 0.15) is 4.60 Å². The zero-order valence-electron chi connectivity index (χ0n) is 8.49. The van der Waals surface area contributed by atoms with Crippen molar-refractivity contribution in [2.24, 2.45) is 0 Å². The maximum atomic E-state index is 4.18. The van der Waals surface area contributed by atoms with Crippen LogP contribution in [0.4, 0.5) is 0 Å². The Kier molecular flexibility index (Phi) is 3.76. The summed E-state index contributed by atoms with van der Waals surface area (Å²) in [5, 5.41) is 7.60. The first-order chi connectivity index (χ1) is 7.84. The molecule has 82 valence electrons. The van der Waals surface area contributed by atoms with Crippen molar-refractivity contribution in [1.82, 2.24) is 25.0 Å². The molecule has 2 heterocycles. The highest BCUT2D eigenvalue weighted by Crippen LogP contribution is 2.04. The van der Waals surface area contributed by atoms with Crippen LogP contribution >= 0.6 is 15.9 Å². The van der Waals surface area contributed by atoms with Gasteiger partial charge in [0, 0.05) is 12.7 Å². The van der Waals surface area contributed by atoms with Crippen molar-refractivity contribution in [3.63, 3.8) is 0 Å². The lowest BCUT2D eigenvalue weighted by Gasteiger charge is -1.95. The lowest BCUT2D eigenvalue weighted by atomic mass is 10.3. The van der Waals surface area contributed by atoms with Crippen LogP contribution in [0, 0.1) is 0 Å². The zero-order chi connectivity index (χ0) is 11.2. The number of halogens is 1. The molecule has 0 aliphatic rings. The normalized spacial score (nSPS) is 11.1. The Morgan fingerprint density at radius 3 is 2.94 bits per heavy atom. The first-order valence-corrected chi connectivity index (χ1v) is 5.62. The predicted octanol–water partition coefficient (Wildman–Crippen LogP) is 1.93. The van der Waals surface area contributed by atoms with E-state index in [-0.39, 0.29) is 0 Å². The Balaban J connectivity index is 1.83. The van der Waals surface area contributed by atoms with Gasteiger partial charge in [-0.15, -0.1) is 5.10 Å². The van der Waals surface area contributed by atoms with E-state index in [2.05, 4.69) is 36.2 Å². The molecule has 2 rings (SSSR count). The molecular formula is C10H10BrN5. The highest BCUT2D eigenvalue weighted by atomic mass is 79.9. The minimum atomic E-state index is 0.743. The molecule has 0 atom stereocenters. The summed E-state index contributed by atoms with van der Waals surface area (Å²) in [5.41, 5.74) is 0.849. The maximum Gasteiger partial charge on any atom is 0.124 e. The quantitative estimate of drug-likeness (QED) is 0.858. The van der Waals surface area contributed by atoms with Crippen molar-refractivity contribution >= 4 is 22.0 Å². The van der Waals surface area contributed by atoms with E-state index in [1.807, 2.05) is 18.3 Å². The van der Waals surface area contributed by atoms with Crippen molar-refractivity contribution in [3.05, 3.63) is 41.2 Å². The molecule has 0 aliphatic carbocycles. The lowest BCUT2D eigenvalue weighted by molar-refractivity contribution is 0.597. The van der Waals surface area contributed by atoms with Gasteiger partial charge in [-0.05, 0) is 28.4 Å². The van der Waals surface area contributed by atoms with Crippen molar-refractivity contribution in [2.45, 2.75) is 13.0 Å². The van der Waals surface area contributed by atoms with Crippen LogP contribution in [0.15, 0.2) is 35.5 Å². The van der Waals surface area contributed by atoms with E-state index in [1.165, 1.54) is 0 Å². The summed E-state index contributed by atoms with van der Waals surface area (Å²) in [6.07, 6.45) is 11.8. The van der Waals surface area contributed by atoms with Gasteiger partial charge in [0.25, 0.3) is 0 Å². The van der Waals surface area contributed by atoms with Crippen LogP contribution < -0.4 is 0 Å². The molecule has 0 bridgehead atoms. The highest BCUT2D eigenvalue weighted by molar-refractivity contribution is 9.10. The van der Waals surface area contributed by atoms with Gasteiger partial charge in [-0.2, -0.15) is 0 Å². The van der Waals surface area contributed by atoms with Crippen LogP contribution in [-0.4, -0.2) is 25.0 Å². The Morgan fingerprint density at radius 1 is 1.31 bits per heavy atom. The van der Waals surface area contributed by atoms with Crippen LogP contribution in [0.1, 0.15) is 12.1 Å². The number of aryl methyl sites for hydroxylation is 1. The van der Waals surface area contributed by atoms with Gasteiger partial charge >= 0.3 is 0 Å².